The van der Waals surface area contributed by atoms with Gasteiger partial charge in [-0.25, -0.2) is 4.98 Å². The van der Waals surface area contributed by atoms with Crippen molar-refractivity contribution in [3.8, 4) is 0 Å². The average Bonchev–Trinajstić information content (AvgIpc) is 2.64. The SMILES string of the molecule is Cc1nsc(NC(=O)c2cccc(N)c2)n1. The van der Waals surface area contributed by atoms with Crippen LogP contribution in [0.3, 0.4) is 0 Å². The van der Waals surface area contributed by atoms with Crippen molar-refractivity contribution in [2.45, 2.75) is 6.92 Å². The molecule has 0 fully saturated rings. The van der Waals surface area contributed by atoms with Gasteiger partial charge >= 0.3 is 0 Å². The molecule has 0 aliphatic rings. The van der Waals surface area contributed by atoms with Crippen LogP contribution in [0.15, 0.2) is 24.3 Å². The molecule has 0 atom stereocenters. The van der Waals surface area contributed by atoms with Gasteiger partial charge in [0, 0.05) is 22.8 Å². The summed E-state index contributed by atoms with van der Waals surface area (Å²) in [7, 11) is 0. The predicted octanol–water partition coefficient (Wildman–Crippen LogP) is 1.68. The number of nitrogens with one attached hydrogen (secondary N) is 1. The highest BCUT2D eigenvalue weighted by atomic mass is 32.1. The number of carbonyl (C=O) groups excluding carboxylic acids is 1. The number of rotatable bonds is 2. The van der Waals surface area contributed by atoms with Gasteiger partial charge < -0.3 is 5.73 Å². The van der Waals surface area contributed by atoms with Gasteiger partial charge in [0.15, 0.2) is 0 Å². The number of hydrogen-bond acceptors (Lipinski definition) is 5. The van der Waals surface area contributed by atoms with Crippen LogP contribution in [0.5, 0.6) is 0 Å². The molecular formula is C10H10N4OS. The van der Waals surface area contributed by atoms with E-state index in [4.69, 9.17) is 5.73 Å². The summed E-state index contributed by atoms with van der Waals surface area (Å²) in [4.78, 5) is 15.8. The molecule has 0 saturated carbocycles. The Kier molecular flexibility index (Phi) is 2.82. The Labute approximate surface area is 96.5 Å². The number of nitrogen functional groups attached to an aromatic ring is 1. The van der Waals surface area contributed by atoms with Crippen molar-refractivity contribution in [1.82, 2.24) is 9.36 Å². The van der Waals surface area contributed by atoms with E-state index in [1.165, 1.54) is 0 Å². The Morgan fingerprint density at radius 2 is 2.31 bits per heavy atom. The fourth-order valence-electron chi connectivity index (χ4n) is 1.20. The molecule has 1 amide bonds. The number of benzene rings is 1. The Hall–Kier alpha value is -1.95. The number of aryl methyl sites for hydroxylation is 1. The molecule has 1 aromatic heterocycles. The third-order valence-corrected chi connectivity index (χ3v) is 2.62. The molecule has 0 aliphatic heterocycles. The summed E-state index contributed by atoms with van der Waals surface area (Å²) >= 11 is 1.15. The van der Waals surface area contributed by atoms with E-state index >= 15 is 0 Å². The zero-order valence-electron chi connectivity index (χ0n) is 8.60. The summed E-state index contributed by atoms with van der Waals surface area (Å²) in [6, 6.07) is 6.77. The van der Waals surface area contributed by atoms with E-state index in [2.05, 4.69) is 14.7 Å². The summed E-state index contributed by atoms with van der Waals surface area (Å²) in [6.45, 7) is 1.77. The molecule has 0 spiro atoms. The van der Waals surface area contributed by atoms with Crippen molar-refractivity contribution >= 4 is 28.3 Å². The minimum Gasteiger partial charge on any atom is -0.399 e. The Bertz CT molecular complexity index is 523. The second kappa shape index (κ2) is 4.28. The van der Waals surface area contributed by atoms with Gasteiger partial charge in [-0.15, -0.1) is 0 Å². The summed E-state index contributed by atoms with van der Waals surface area (Å²) in [5, 5.41) is 3.15. The van der Waals surface area contributed by atoms with Crippen LogP contribution in [0.1, 0.15) is 16.2 Å². The van der Waals surface area contributed by atoms with Crippen LogP contribution in [0.4, 0.5) is 10.8 Å². The number of aromatic nitrogens is 2. The van der Waals surface area contributed by atoms with Gasteiger partial charge in [-0.05, 0) is 25.1 Å². The lowest BCUT2D eigenvalue weighted by atomic mass is 10.2. The lowest BCUT2D eigenvalue weighted by Gasteiger charge is -2.01. The second-order valence-corrected chi connectivity index (χ2v) is 3.98. The van der Waals surface area contributed by atoms with Crippen molar-refractivity contribution in [3.63, 3.8) is 0 Å². The van der Waals surface area contributed by atoms with E-state index in [0.29, 0.717) is 22.2 Å². The van der Waals surface area contributed by atoms with Gasteiger partial charge in [-0.2, -0.15) is 4.37 Å². The van der Waals surface area contributed by atoms with Crippen LogP contribution < -0.4 is 11.1 Å². The highest BCUT2D eigenvalue weighted by Gasteiger charge is 2.08. The topological polar surface area (TPSA) is 80.9 Å². The monoisotopic (exact) mass is 234 g/mol. The summed E-state index contributed by atoms with van der Waals surface area (Å²) in [5.74, 6) is 0.413. The maximum Gasteiger partial charge on any atom is 0.257 e. The molecule has 0 bridgehead atoms. The Morgan fingerprint density at radius 1 is 1.50 bits per heavy atom. The summed E-state index contributed by atoms with van der Waals surface area (Å²) in [6.07, 6.45) is 0. The number of nitrogens with two attached hydrogens (primary N) is 1. The van der Waals surface area contributed by atoms with Crippen molar-refractivity contribution in [1.29, 1.82) is 0 Å². The van der Waals surface area contributed by atoms with Gasteiger partial charge in [-0.1, -0.05) is 6.07 Å². The zero-order valence-corrected chi connectivity index (χ0v) is 9.41. The lowest BCUT2D eigenvalue weighted by Crippen LogP contribution is -2.11. The molecule has 5 nitrogen and oxygen atoms in total. The molecule has 2 aromatic rings. The van der Waals surface area contributed by atoms with Crippen LogP contribution in [0, 0.1) is 6.92 Å². The van der Waals surface area contributed by atoms with Crippen molar-refractivity contribution in [3.05, 3.63) is 35.7 Å². The normalized spacial score (nSPS) is 10.1. The summed E-state index contributed by atoms with van der Waals surface area (Å²) < 4.78 is 3.97. The first-order chi connectivity index (χ1) is 7.65. The molecule has 2 rings (SSSR count). The van der Waals surface area contributed by atoms with E-state index in [1.807, 2.05) is 0 Å². The fourth-order valence-corrected chi connectivity index (χ4v) is 1.77. The minimum atomic E-state index is -0.233. The number of hydrogen-bond donors (Lipinski definition) is 2. The highest BCUT2D eigenvalue weighted by Crippen LogP contribution is 2.13. The van der Waals surface area contributed by atoms with E-state index in [9.17, 15) is 4.79 Å². The van der Waals surface area contributed by atoms with Crippen molar-refractivity contribution in [2.24, 2.45) is 0 Å². The second-order valence-electron chi connectivity index (χ2n) is 3.23. The maximum absolute atomic E-state index is 11.7. The zero-order chi connectivity index (χ0) is 11.5. The van der Waals surface area contributed by atoms with Gasteiger partial charge in [0.05, 0.1) is 0 Å². The molecule has 1 heterocycles. The Balaban J connectivity index is 2.14. The molecule has 82 valence electrons. The molecule has 1 aromatic carbocycles. The van der Waals surface area contributed by atoms with Crippen molar-refractivity contribution in [2.75, 3.05) is 11.1 Å². The first-order valence-corrected chi connectivity index (χ1v) is 5.40. The third-order valence-electron chi connectivity index (χ3n) is 1.90. The van der Waals surface area contributed by atoms with Crippen LogP contribution in [-0.4, -0.2) is 15.3 Å². The van der Waals surface area contributed by atoms with E-state index in [1.54, 1.807) is 31.2 Å². The van der Waals surface area contributed by atoms with Crippen LogP contribution in [-0.2, 0) is 0 Å². The predicted molar refractivity (Wildman–Crippen MR) is 63.5 cm³/mol. The third kappa shape index (κ3) is 2.34. The standard InChI is InChI=1S/C10H10N4OS/c1-6-12-10(16-14-6)13-9(15)7-3-2-4-8(11)5-7/h2-5H,11H2,1H3,(H,12,13,14,15). The number of carbonyl (C=O) groups is 1. The number of anilines is 2. The highest BCUT2D eigenvalue weighted by molar-refractivity contribution is 7.09. The van der Waals surface area contributed by atoms with Crippen LogP contribution >= 0.6 is 11.5 Å². The molecule has 0 unspecified atom stereocenters. The summed E-state index contributed by atoms with van der Waals surface area (Å²) in [5.41, 5.74) is 6.65. The minimum absolute atomic E-state index is 0.233. The lowest BCUT2D eigenvalue weighted by molar-refractivity contribution is 0.102. The van der Waals surface area contributed by atoms with E-state index in [0.717, 1.165) is 11.5 Å². The van der Waals surface area contributed by atoms with Crippen molar-refractivity contribution < 1.29 is 4.79 Å². The van der Waals surface area contributed by atoms with Gasteiger partial charge in [0.2, 0.25) is 5.13 Å². The molecule has 0 saturated heterocycles. The molecule has 3 N–H and O–H groups in total. The smallest absolute Gasteiger partial charge is 0.257 e. The maximum atomic E-state index is 11.7. The Morgan fingerprint density at radius 3 is 2.94 bits per heavy atom. The van der Waals surface area contributed by atoms with Crippen LogP contribution in [0.2, 0.25) is 0 Å². The molecule has 0 aliphatic carbocycles. The first kappa shape index (κ1) is 10.6. The first-order valence-electron chi connectivity index (χ1n) is 4.62. The molecule has 16 heavy (non-hydrogen) atoms. The largest absolute Gasteiger partial charge is 0.399 e. The van der Waals surface area contributed by atoms with E-state index in [-0.39, 0.29) is 5.91 Å². The van der Waals surface area contributed by atoms with Gasteiger partial charge in [0.1, 0.15) is 5.82 Å². The quantitative estimate of drug-likeness (QED) is 0.775. The number of amides is 1. The van der Waals surface area contributed by atoms with E-state index < -0.39 is 0 Å². The molecular weight excluding hydrogens is 224 g/mol. The molecule has 6 heteroatoms. The fraction of sp³-hybridized carbons (Fsp3) is 0.100. The van der Waals surface area contributed by atoms with Gasteiger partial charge in [0.25, 0.3) is 5.91 Å². The molecule has 0 radical (unpaired) electrons. The van der Waals surface area contributed by atoms with Gasteiger partial charge in [-0.3, -0.25) is 10.1 Å². The number of nitrogens with zero attached hydrogens (tertiary/aromatic N) is 2. The van der Waals surface area contributed by atoms with Crippen LogP contribution in [0.25, 0.3) is 0 Å². The average molecular weight is 234 g/mol.